The van der Waals surface area contributed by atoms with Crippen LogP contribution in [0.25, 0.3) is 22.0 Å². The first-order valence-electron chi connectivity index (χ1n) is 6.17. The van der Waals surface area contributed by atoms with Crippen LogP contribution in [0.15, 0.2) is 54.9 Å². The van der Waals surface area contributed by atoms with Crippen LogP contribution in [0.4, 0.5) is 0 Å². The molecule has 88 valence electrons. The van der Waals surface area contributed by atoms with Gasteiger partial charge in [0.15, 0.2) is 0 Å². The van der Waals surface area contributed by atoms with Gasteiger partial charge in [-0.3, -0.25) is 9.97 Å². The maximum atomic E-state index is 4.74. The highest BCUT2D eigenvalue weighted by Crippen LogP contribution is 2.26. The predicted octanol–water partition coefficient (Wildman–Crippen LogP) is 3.86. The van der Waals surface area contributed by atoms with E-state index in [1.54, 1.807) is 6.20 Å². The van der Waals surface area contributed by atoms with Crippen molar-refractivity contribution in [1.82, 2.24) is 9.97 Å². The number of rotatable bonds is 2. The lowest BCUT2D eigenvalue weighted by Crippen LogP contribution is -1.93. The van der Waals surface area contributed by atoms with E-state index < -0.39 is 0 Å². The Hall–Kier alpha value is -2.22. The van der Waals surface area contributed by atoms with Gasteiger partial charge in [-0.2, -0.15) is 0 Å². The third-order valence-electron chi connectivity index (χ3n) is 3.11. The van der Waals surface area contributed by atoms with E-state index in [1.807, 2.05) is 24.4 Å². The van der Waals surface area contributed by atoms with Crippen molar-refractivity contribution in [3.63, 3.8) is 0 Å². The molecule has 0 bridgehead atoms. The summed E-state index contributed by atoms with van der Waals surface area (Å²) < 4.78 is 0. The van der Waals surface area contributed by atoms with Crippen LogP contribution < -0.4 is 0 Å². The van der Waals surface area contributed by atoms with Crippen molar-refractivity contribution in [2.75, 3.05) is 0 Å². The Labute approximate surface area is 106 Å². The number of aromatic nitrogens is 2. The fourth-order valence-electron chi connectivity index (χ4n) is 2.20. The standard InChI is InChI=1S/C16H14N2/c1-2-15-14(13-7-5-9-17-11-13)10-12-6-3-4-8-16(12)18-15/h3-11H,2H2,1H3. The van der Waals surface area contributed by atoms with Crippen LogP contribution in [-0.2, 0) is 6.42 Å². The Kier molecular flexibility index (Phi) is 2.77. The molecule has 0 amide bonds. The first kappa shape index (κ1) is 10.9. The van der Waals surface area contributed by atoms with Crippen LogP contribution in [0.3, 0.4) is 0 Å². The van der Waals surface area contributed by atoms with Gasteiger partial charge in [-0.05, 0) is 24.6 Å². The lowest BCUT2D eigenvalue weighted by molar-refractivity contribution is 1.06. The molecular formula is C16H14N2. The minimum Gasteiger partial charge on any atom is -0.264 e. The molecule has 0 aliphatic rings. The van der Waals surface area contributed by atoms with Gasteiger partial charge in [-0.15, -0.1) is 0 Å². The molecule has 0 atom stereocenters. The summed E-state index contributed by atoms with van der Waals surface area (Å²) in [6, 6.07) is 14.5. The van der Waals surface area contributed by atoms with Crippen LogP contribution in [0.2, 0.25) is 0 Å². The molecule has 2 heteroatoms. The molecule has 18 heavy (non-hydrogen) atoms. The largest absolute Gasteiger partial charge is 0.264 e. The monoisotopic (exact) mass is 234 g/mol. The van der Waals surface area contributed by atoms with Crippen LogP contribution in [0.1, 0.15) is 12.6 Å². The summed E-state index contributed by atoms with van der Waals surface area (Å²) in [5.41, 5.74) is 4.50. The van der Waals surface area contributed by atoms with E-state index in [0.717, 1.165) is 23.2 Å². The fraction of sp³-hybridized carbons (Fsp3) is 0.125. The Morgan fingerprint density at radius 1 is 1.06 bits per heavy atom. The van der Waals surface area contributed by atoms with Crippen molar-refractivity contribution >= 4 is 10.9 Å². The van der Waals surface area contributed by atoms with E-state index in [2.05, 4.69) is 36.2 Å². The SMILES string of the molecule is CCc1nc2ccccc2cc1-c1cccnc1. The topological polar surface area (TPSA) is 25.8 Å². The summed E-state index contributed by atoms with van der Waals surface area (Å²) in [6.07, 6.45) is 4.61. The van der Waals surface area contributed by atoms with Crippen molar-refractivity contribution in [1.29, 1.82) is 0 Å². The highest BCUT2D eigenvalue weighted by atomic mass is 14.7. The summed E-state index contributed by atoms with van der Waals surface area (Å²) in [6.45, 7) is 2.14. The second kappa shape index (κ2) is 4.57. The number of hydrogen-bond acceptors (Lipinski definition) is 2. The fourth-order valence-corrected chi connectivity index (χ4v) is 2.20. The van der Waals surface area contributed by atoms with Crippen LogP contribution in [0, 0.1) is 0 Å². The molecule has 3 rings (SSSR count). The summed E-state index contributed by atoms with van der Waals surface area (Å²) in [5, 5.41) is 1.17. The van der Waals surface area contributed by atoms with E-state index >= 15 is 0 Å². The third kappa shape index (κ3) is 1.86. The lowest BCUT2D eigenvalue weighted by Gasteiger charge is -2.09. The zero-order valence-electron chi connectivity index (χ0n) is 10.3. The Morgan fingerprint density at radius 3 is 2.72 bits per heavy atom. The number of benzene rings is 1. The van der Waals surface area contributed by atoms with E-state index in [9.17, 15) is 0 Å². The third-order valence-corrected chi connectivity index (χ3v) is 3.11. The molecule has 2 heterocycles. The average molecular weight is 234 g/mol. The Bertz CT molecular complexity index is 675. The van der Waals surface area contributed by atoms with Crippen LogP contribution >= 0.6 is 0 Å². The zero-order chi connectivity index (χ0) is 12.4. The number of pyridine rings is 2. The molecule has 0 unspecified atom stereocenters. The number of nitrogens with zero attached hydrogens (tertiary/aromatic N) is 2. The van der Waals surface area contributed by atoms with Gasteiger partial charge >= 0.3 is 0 Å². The van der Waals surface area contributed by atoms with Crippen molar-refractivity contribution in [2.24, 2.45) is 0 Å². The van der Waals surface area contributed by atoms with Crippen molar-refractivity contribution in [3.8, 4) is 11.1 Å². The van der Waals surface area contributed by atoms with Gasteiger partial charge < -0.3 is 0 Å². The quantitative estimate of drug-likeness (QED) is 0.673. The summed E-state index contributed by atoms with van der Waals surface area (Å²) in [4.78, 5) is 8.93. The average Bonchev–Trinajstić information content (AvgIpc) is 2.46. The van der Waals surface area contributed by atoms with E-state index in [-0.39, 0.29) is 0 Å². The molecule has 0 fully saturated rings. The minimum absolute atomic E-state index is 0.926. The van der Waals surface area contributed by atoms with Crippen LogP contribution in [-0.4, -0.2) is 9.97 Å². The molecule has 0 N–H and O–H groups in total. The molecule has 0 aliphatic heterocycles. The highest BCUT2D eigenvalue weighted by molar-refractivity contribution is 5.84. The molecule has 2 nitrogen and oxygen atoms in total. The molecule has 0 saturated carbocycles. The summed E-state index contributed by atoms with van der Waals surface area (Å²) in [5.74, 6) is 0. The number of hydrogen-bond donors (Lipinski definition) is 0. The van der Waals surface area contributed by atoms with E-state index in [4.69, 9.17) is 4.98 Å². The second-order valence-electron chi connectivity index (χ2n) is 4.27. The second-order valence-corrected chi connectivity index (χ2v) is 4.27. The zero-order valence-corrected chi connectivity index (χ0v) is 10.3. The summed E-state index contributed by atoms with van der Waals surface area (Å²) in [7, 11) is 0. The van der Waals surface area contributed by atoms with Gasteiger partial charge in [0.1, 0.15) is 0 Å². The summed E-state index contributed by atoms with van der Waals surface area (Å²) >= 11 is 0. The van der Waals surface area contributed by atoms with Gasteiger partial charge in [0.05, 0.1) is 5.52 Å². The van der Waals surface area contributed by atoms with Crippen molar-refractivity contribution in [2.45, 2.75) is 13.3 Å². The predicted molar refractivity (Wildman–Crippen MR) is 74.4 cm³/mol. The molecule has 2 aromatic heterocycles. The molecule has 0 saturated heterocycles. The van der Waals surface area contributed by atoms with Gasteiger partial charge in [0.2, 0.25) is 0 Å². The Balaban J connectivity index is 2.27. The Morgan fingerprint density at radius 2 is 1.94 bits per heavy atom. The molecule has 3 aromatic rings. The molecule has 1 aromatic carbocycles. The minimum atomic E-state index is 0.926. The first-order valence-corrected chi connectivity index (χ1v) is 6.17. The lowest BCUT2D eigenvalue weighted by atomic mass is 10.0. The maximum Gasteiger partial charge on any atom is 0.0705 e. The van der Waals surface area contributed by atoms with Gasteiger partial charge in [-0.25, -0.2) is 0 Å². The highest BCUT2D eigenvalue weighted by Gasteiger charge is 2.07. The van der Waals surface area contributed by atoms with Gasteiger partial charge in [0, 0.05) is 34.6 Å². The molecular weight excluding hydrogens is 220 g/mol. The number of para-hydroxylation sites is 1. The van der Waals surface area contributed by atoms with E-state index in [0.29, 0.717) is 0 Å². The molecule has 0 radical (unpaired) electrons. The van der Waals surface area contributed by atoms with Gasteiger partial charge in [0.25, 0.3) is 0 Å². The van der Waals surface area contributed by atoms with E-state index in [1.165, 1.54) is 10.9 Å². The van der Waals surface area contributed by atoms with Crippen molar-refractivity contribution in [3.05, 3.63) is 60.6 Å². The van der Waals surface area contributed by atoms with Crippen LogP contribution in [0.5, 0.6) is 0 Å². The normalized spacial score (nSPS) is 10.7. The molecule has 0 spiro atoms. The smallest absolute Gasteiger partial charge is 0.0705 e. The first-order chi connectivity index (χ1) is 8.88. The molecule has 0 aliphatic carbocycles. The van der Waals surface area contributed by atoms with Gasteiger partial charge in [-0.1, -0.05) is 31.2 Å². The number of fused-ring (bicyclic) bond motifs is 1. The maximum absolute atomic E-state index is 4.74. The number of aryl methyl sites for hydroxylation is 1. The van der Waals surface area contributed by atoms with Crippen molar-refractivity contribution < 1.29 is 0 Å².